The molecule has 0 radical (unpaired) electrons. The minimum Gasteiger partial charge on any atom is -0.504 e. The van der Waals surface area contributed by atoms with Crippen molar-refractivity contribution in [2.75, 3.05) is 6.61 Å². The number of carbonyl (C=O) groups is 1. The van der Waals surface area contributed by atoms with Crippen LogP contribution in [0.15, 0.2) is 12.1 Å². The quantitative estimate of drug-likeness (QED) is 0.546. The first-order chi connectivity index (χ1) is 6.20. The molecule has 1 aromatic rings. The molecule has 0 saturated heterocycles. The molecule has 0 amide bonds. The molecule has 2 N–H and O–H groups in total. The number of carbonyl (C=O) groups excluding carboxylic acids is 1. The lowest BCUT2D eigenvalue weighted by Crippen LogP contribution is -1.96. The lowest BCUT2D eigenvalue weighted by atomic mass is 10.2. The van der Waals surface area contributed by atoms with E-state index >= 15 is 0 Å². The smallest absolute Gasteiger partial charge is 0.201 e. The molecule has 0 unspecified atom stereocenters. The van der Waals surface area contributed by atoms with Crippen molar-refractivity contribution in [1.82, 2.24) is 0 Å². The van der Waals surface area contributed by atoms with Crippen LogP contribution >= 0.6 is 0 Å². The summed E-state index contributed by atoms with van der Waals surface area (Å²) in [6.07, 6.45) is 0.560. The Morgan fingerprint density at radius 1 is 1.46 bits per heavy atom. The largest absolute Gasteiger partial charge is 0.504 e. The van der Waals surface area contributed by atoms with E-state index < -0.39 is 5.75 Å². The average Bonchev–Trinajstić information content (AvgIpc) is 2.14. The van der Waals surface area contributed by atoms with E-state index in [1.54, 1.807) is 6.92 Å². The maximum Gasteiger partial charge on any atom is 0.201 e. The molecular weight excluding hydrogens is 172 g/mol. The number of aromatic hydroxyl groups is 2. The van der Waals surface area contributed by atoms with Crippen LogP contribution < -0.4 is 4.74 Å². The van der Waals surface area contributed by atoms with Gasteiger partial charge >= 0.3 is 0 Å². The Kier molecular flexibility index (Phi) is 2.74. The number of hydrogen-bond acceptors (Lipinski definition) is 4. The molecule has 1 aromatic carbocycles. The first-order valence-electron chi connectivity index (χ1n) is 3.83. The zero-order valence-corrected chi connectivity index (χ0v) is 7.15. The molecule has 1 rings (SSSR count). The second kappa shape index (κ2) is 3.80. The van der Waals surface area contributed by atoms with Crippen LogP contribution in [0.5, 0.6) is 17.2 Å². The lowest BCUT2D eigenvalue weighted by Gasteiger charge is -2.08. The number of phenols is 2. The van der Waals surface area contributed by atoms with Gasteiger partial charge in [-0.05, 0) is 19.1 Å². The molecule has 4 heteroatoms. The minimum absolute atomic E-state index is 0.0255. The van der Waals surface area contributed by atoms with E-state index in [1.165, 1.54) is 12.1 Å². The molecule has 0 atom stereocenters. The maximum atomic E-state index is 10.5. The first kappa shape index (κ1) is 9.38. The van der Waals surface area contributed by atoms with Crippen LogP contribution in [0.25, 0.3) is 0 Å². The van der Waals surface area contributed by atoms with Crippen molar-refractivity contribution in [3.05, 3.63) is 17.7 Å². The van der Waals surface area contributed by atoms with Crippen molar-refractivity contribution >= 4 is 6.29 Å². The Balaban J connectivity index is 3.23. The first-order valence-corrected chi connectivity index (χ1v) is 3.83. The van der Waals surface area contributed by atoms with Gasteiger partial charge in [0, 0.05) is 0 Å². The highest BCUT2D eigenvalue weighted by Crippen LogP contribution is 2.37. The molecule has 0 aliphatic carbocycles. The Morgan fingerprint density at radius 2 is 2.15 bits per heavy atom. The summed E-state index contributed by atoms with van der Waals surface area (Å²) >= 11 is 0. The van der Waals surface area contributed by atoms with Crippen LogP contribution in [0.2, 0.25) is 0 Å². The molecule has 0 aliphatic heterocycles. The monoisotopic (exact) mass is 182 g/mol. The van der Waals surface area contributed by atoms with Gasteiger partial charge < -0.3 is 14.9 Å². The predicted molar refractivity (Wildman–Crippen MR) is 46.3 cm³/mol. The summed E-state index contributed by atoms with van der Waals surface area (Å²) in [6, 6.07) is 2.62. The molecule has 0 spiro atoms. The van der Waals surface area contributed by atoms with Gasteiger partial charge in [0.05, 0.1) is 12.2 Å². The van der Waals surface area contributed by atoms with Gasteiger partial charge in [-0.15, -0.1) is 0 Å². The molecule has 70 valence electrons. The third-order valence-corrected chi connectivity index (χ3v) is 1.56. The van der Waals surface area contributed by atoms with E-state index in [9.17, 15) is 9.90 Å². The fourth-order valence-corrected chi connectivity index (χ4v) is 0.965. The zero-order chi connectivity index (χ0) is 9.84. The van der Waals surface area contributed by atoms with E-state index in [1.807, 2.05) is 0 Å². The van der Waals surface area contributed by atoms with Gasteiger partial charge in [0.1, 0.15) is 0 Å². The molecule has 0 fully saturated rings. The topological polar surface area (TPSA) is 66.8 Å². The van der Waals surface area contributed by atoms with Crippen LogP contribution in [0, 0.1) is 0 Å². The van der Waals surface area contributed by atoms with E-state index in [2.05, 4.69) is 0 Å². The van der Waals surface area contributed by atoms with E-state index in [4.69, 9.17) is 9.84 Å². The third kappa shape index (κ3) is 1.72. The van der Waals surface area contributed by atoms with Crippen LogP contribution in [0.3, 0.4) is 0 Å². The van der Waals surface area contributed by atoms with Crippen molar-refractivity contribution in [2.24, 2.45) is 0 Å². The molecule has 13 heavy (non-hydrogen) atoms. The van der Waals surface area contributed by atoms with Crippen molar-refractivity contribution < 1.29 is 19.7 Å². The summed E-state index contributed by atoms with van der Waals surface area (Å²) in [6.45, 7) is 2.04. The number of rotatable bonds is 3. The van der Waals surface area contributed by atoms with Gasteiger partial charge in [0.25, 0.3) is 0 Å². The zero-order valence-electron chi connectivity index (χ0n) is 7.15. The number of aldehydes is 1. The Labute approximate surface area is 75.4 Å². The second-order valence-electron chi connectivity index (χ2n) is 2.40. The number of hydrogen-bond donors (Lipinski definition) is 2. The van der Waals surface area contributed by atoms with E-state index in [-0.39, 0.29) is 17.1 Å². The Morgan fingerprint density at radius 3 is 2.69 bits per heavy atom. The Bertz CT molecular complexity index is 320. The van der Waals surface area contributed by atoms with Crippen LogP contribution in [0.4, 0.5) is 0 Å². The summed E-state index contributed by atoms with van der Waals surface area (Å²) in [7, 11) is 0. The third-order valence-electron chi connectivity index (χ3n) is 1.56. The fraction of sp³-hybridized carbons (Fsp3) is 0.222. The number of ether oxygens (including phenoxy) is 1. The minimum atomic E-state index is -0.397. The van der Waals surface area contributed by atoms with Crippen LogP contribution in [-0.2, 0) is 0 Å². The normalized spacial score (nSPS) is 9.62. The van der Waals surface area contributed by atoms with Gasteiger partial charge in [0.2, 0.25) is 5.75 Å². The second-order valence-corrected chi connectivity index (χ2v) is 2.40. The SMILES string of the molecule is CCOc1c(C=O)ccc(O)c1O. The molecule has 0 saturated carbocycles. The molecular formula is C9H10O4. The van der Waals surface area contributed by atoms with Gasteiger partial charge in [-0.3, -0.25) is 4.79 Å². The van der Waals surface area contributed by atoms with Gasteiger partial charge in [-0.2, -0.15) is 0 Å². The summed E-state index contributed by atoms with van der Waals surface area (Å²) in [5.41, 5.74) is 0.220. The average molecular weight is 182 g/mol. The highest BCUT2D eigenvalue weighted by Gasteiger charge is 2.12. The van der Waals surface area contributed by atoms with E-state index in [0.717, 1.165) is 0 Å². The molecule has 0 aromatic heterocycles. The van der Waals surface area contributed by atoms with E-state index in [0.29, 0.717) is 12.9 Å². The summed E-state index contributed by atoms with van der Waals surface area (Å²) < 4.78 is 5.00. The highest BCUT2D eigenvalue weighted by molar-refractivity contribution is 5.82. The predicted octanol–water partition coefficient (Wildman–Crippen LogP) is 1.31. The van der Waals surface area contributed by atoms with Crippen molar-refractivity contribution in [3.63, 3.8) is 0 Å². The summed E-state index contributed by atoms with van der Waals surface area (Å²) in [4.78, 5) is 10.5. The number of phenolic OH excluding ortho intramolecular Hbond substituents is 2. The van der Waals surface area contributed by atoms with Crippen LogP contribution in [-0.4, -0.2) is 23.1 Å². The molecule has 0 bridgehead atoms. The fourth-order valence-electron chi connectivity index (χ4n) is 0.965. The van der Waals surface area contributed by atoms with Gasteiger partial charge in [-0.1, -0.05) is 0 Å². The summed E-state index contributed by atoms with van der Waals surface area (Å²) in [5.74, 6) is -0.669. The lowest BCUT2D eigenvalue weighted by molar-refractivity contribution is 0.111. The Hall–Kier alpha value is -1.71. The van der Waals surface area contributed by atoms with Crippen molar-refractivity contribution in [3.8, 4) is 17.2 Å². The highest BCUT2D eigenvalue weighted by atomic mass is 16.5. The van der Waals surface area contributed by atoms with Gasteiger partial charge in [-0.25, -0.2) is 0 Å². The standard InChI is InChI=1S/C9H10O4/c1-2-13-9-6(5-10)3-4-7(11)8(9)12/h3-5,11-12H,2H2,1H3. The van der Waals surface area contributed by atoms with Crippen molar-refractivity contribution in [1.29, 1.82) is 0 Å². The summed E-state index contributed by atoms with van der Waals surface area (Å²) in [5, 5.41) is 18.4. The van der Waals surface area contributed by atoms with Gasteiger partial charge in [0.15, 0.2) is 17.8 Å². The van der Waals surface area contributed by atoms with Crippen molar-refractivity contribution in [2.45, 2.75) is 6.92 Å². The molecule has 4 nitrogen and oxygen atoms in total. The number of benzene rings is 1. The molecule has 0 heterocycles. The van der Waals surface area contributed by atoms with Crippen LogP contribution in [0.1, 0.15) is 17.3 Å². The molecule has 0 aliphatic rings. The maximum absolute atomic E-state index is 10.5.